The first-order valence-electron chi connectivity index (χ1n) is 17.3. The minimum atomic E-state index is -0.961. The maximum atomic E-state index is 14.8. The molecule has 50 heavy (non-hydrogen) atoms. The summed E-state index contributed by atoms with van der Waals surface area (Å²) in [5.41, 5.74) is 2.34. The average molecular weight is 671 g/mol. The fourth-order valence-electron chi connectivity index (χ4n) is 8.23. The van der Waals surface area contributed by atoms with E-state index in [9.17, 15) is 19.2 Å². The first-order chi connectivity index (χ1) is 24.5. The number of rotatable bonds is 10. The molecule has 4 saturated heterocycles. The molecule has 6 atom stereocenters. The average Bonchev–Trinajstić information content (AvgIpc) is 3.82. The molecule has 4 aromatic carbocycles. The van der Waals surface area contributed by atoms with E-state index in [4.69, 9.17) is 9.47 Å². The van der Waals surface area contributed by atoms with Crippen molar-refractivity contribution in [2.75, 3.05) is 23.0 Å². The Balaban J connectivity index is 1.29. The first-order valence-corrected chi connectivity index (χ1v) is 17.3. The number of carbonyl (C=O) groups excluding carboxylic acids is 4. The van der Waals surface area contributed by atoms with Crippen LogP contribution in [0.3, 0.4) is 0 Å². The van der Waals surface area contributed by atoms with Crippen molar-refractivity contribution in [2.24, 2.45) is 11.8 Å². The Labute approximate surface area is 290 Å². The molecule has 4 amide bonds. The molecule has 8 rings (SSSR count). The Morgan fingerprint density at radius 3 is 1.20 bits per heavy atom. The number of nitrogens with zero attached hydrogens (tertiary/aromatic N) is 4. The molecule has 4 aliphatic rings. The van der Waals surface area contributed by atoms with Crippen molar-refractivity contribution in [1.29, 1.82) is 0 Å². The first kappa shape index (κ1) is 31.9. The van der Waals surface area contributed by atoms with E-state index in [1.807, 2.05) is 96.7 Å². The van der Waals surface area contributed by atoms with Crippen molar-refractivity contribution < 1.29 is 28.7 Å². The number of ether oxygens (including phenoxy) is 2. The number of benzene rings is 4. The number of imide groups is 2. The Morgan fingerprint density at radius 1 is 0.460 bits per heavy atom. The minimum absolute atomic E-state index is 0.369. The molecule has 0 saturated carbocycles. The maximum Gasteiger partial charge on any atom is 0.253 e. The summed E-state index contributed by atoms with van der Waals surface area (Å²) in [6.07, 6.45) is 1.52. The van der Waals surface area contributed by atoms with Gasteiger partial charge in [0.05, 0.1) is 48.5 Å². The minimum Gasteiger partial charge on any atom is -0.491 e. The van der Waals surface area contributed by atoms with Crippen LogP contribution in [0.4, 0.5) is 11.4 Å². The smallest absolute Gasteiger partial charge is 0.253 e. The molecular formula is C40H38N4O6. The third-order valence-electron chi connectivity index (χ3n) is 10.1. The molecule has 4 aromatic rings. The Kier molecular flexibility index (Phi) is 8.20. The van der Waals surface area contributed by atoms with Crippen LogP contribution in [0.1, 0.15) is 49.9 Å². The summed E-state index contributed by atoms with van der Waals surface area (Å²) in [5, 5.41) is 3.77. The van der Waals surface area contributed by atoms with Gasteiger partial charge >= 0.3 is 0 Å². The second-order valence-corrected chi connectivity index (χ2v) is 13.1. The molecule has 4 fully saturated rings. The van der Waals surface area contributed by atoms with Crippen LogP contribution >= 0.6 is 0 Å². The van der Waals surface area contributed by atoms with Crippen LogP contribution in [-0.2, 0) is 19.2 Å². The van der Waals surface area contributed by atoms with Crippen molar-refractivity contribution in [1.82, 2.24) is 10.0 Å². The van der Waals surface area contributed by atoms with Gasteiger partial charge in [0.25, 0.3) is 11.8 Å². The third kappa shape index (κ3) is 4.77. The molecule has 0 aliphatic carbocycles. The van der Waals surface area contributed by atoms with Crippen molar-refractivity contribution in [2.45, 2.75) is 50.9 Å². The number of fused-ring (bicyclic) bond motifs is 5. The number of amides is 4. The van der Waals surface area contributed by atoms with Gasteiger partial charge in [-0.1, -0.05) is 98.8 Å². The van der Waals surface area contributed by atoms with Crippen LogP contribution in [-0.4, -0.2) is 58.9 Å². The van der Waals surface area contributed by atoms with Crippen molar-refractivity contribution in [3.63, 3.8) is 0 Å². The Hall–Kier alpha value is -5.32. The molecular weight excluding hydrogens is 632 g/mol. The molecule has 0 radical (unpaired) electrons. The lowest BCUT2D eigenvalue weighted by atomic mass is 9.84. The van der Waals surface area contributed by atoms with Crippen LogP contribution in [0.15, 0.2) is 109 Å². The van der Waals surface area contributed by atoms with Crippen LogP contribution in [0, 0.1) is 11.8 Å². The quantitative estimate of drug-likeness (QED) is 0.198. The van der Waals surface area contributed by atoms with Crippen molar-refractivity contribution >= 4 is 35.0 Å². The largest absolute Gasteiger partial charge is 0.491 e. The molecule has 0 aromatic heterocycles. The summed E-state index contributed by atoms with van der Waals surface area (Å²) < 4.78 is 12.0. The van der Waals surface area contributed by atoms with Gasteiger partial charge in [0.2, 0.25) is 11.8 Å². The van der Waals surface area contributed by atoms with Gasteiger partial charge < -0.3 is 9.47 Å². The highest BCUT2D eigenvalue weighted by molar-refractivity contribution is 6.26. The summed E-state index contributed by atoms with van der Waals surface area (Å²) in [5.74, 6) is -2.36. The van der Waals surface area contributed by atoms with Crippen molar-refractivity contribution in [3.8, 4) is 11.5 Å². The van der Waals surface area contributed by atoms with Gasteiger partial charge in [0.15, 0.2) is 0 Å². The predicted molar refractivity (Wildman–Crippen MR) is 186 cm³/mol. The lowest BCUT2D eigenvalue weighted by molar-refractivity contribution is -0.136. The summed E-state index contributed by atoms with van der Waals surface area (Å²) >= 11 is 0. The molecule has 10 heteroatoms. The number of anilines is 2. The van der Waals surface area contributed by atoms with Crippen LogP contribution in [0.5, 0.6) is 11.5 Å². The van der Waals surface area contributed by atoms with Gasteiger partial charge in [-0.3, -0.25) is 19.2 Å². The number of hydrogen-bond donors (Lipinski definition) is 0. The SMILES string of the molecule is CCCOc1ccccc1N1C(=O)[C@@H]2[C@@H](C1=O)N1[C@@H](c3ccccc3)[C@H]3C(=O)N(c4ccccc4OCCC)C(=O)[C@@H]3N1[C@@H]2c1ccccc1. The van der Waals surface area contributed by atoms with Crippen LogP contribution < -0.4 is 19.3 Å². The van der Waals surface area contributed by atoms with E-state index in [0.29, 0.717) is 36.1 Å². The molecule has 0 spiro atoms. The zero-order valence-corrected chi connectivity index (χ0v) is 27.9. The van der Waals surface area contributed by atoms with E-state index < -0.39 is 47.8 Å². The fourth-order valence-corrected chi connectivity index (χ4v) is 8.23. The van der Waals surface area contributed by atoms with Gasteiger partial charge in [0, 0.05) is 0 Å². The van der Waals surface area contributed by atoms with Crippen molar-refractivity contribution in [3.05, 3.63) is 120 Å². The number of hydrogen-bond acceptors (Lipinski definition) is 8. The topological polar surface area (TPSA) is 99.7 Å². The predicted octanol–water partition coefficient (Wildman–Crippen LogP) is 5.71. The van der Waals surface area contributed by atoms with E-state index in [-0.39, 0.29) is 11.8 Å². The number of carbonyl (C=O) groups is 4. The summed E-state index contributed by atoms with van der Waals surface area (Å²) in [6, 6.07) is 29.9. The van der Waals surface area contributed by atoms with Gasteiger partial charge in [-0.05, 0) is 48.2 Å². The zero-order valence-electron chi connectivity index (χ0n) is 27.9. The van der Waals surface area contributed by atoms with Gasteiger partial charge in [0.1, 0.15) is 23.6 Å². The van der Waals surface area contributed by atoms with E-state index >= 15 is 0 Å². The van der Waals surface area contributed by atoms with E-state index in [1.54, 1.807) is 36.4 Å². The van der Waals surface area contributed by atoms with E-state index in [0.717, 1.165) is 24.0 Å². The second-order valence-electron chi connectivity index (χ2n) is 13.1. The lowest BCUT2D eigenvalue weighted by Crippen LogP contribution is -2.50. The molecule has 4 heterocycles. The highest BCUT2D eigenvalue weighted by Crippen LogP contribution is 2.60. The second kappa shape index (κ2) is 12.9. The molecule has 0 unspecified atom stereocenters. The Morgan fingerprint density at radius 2 is 0.820 bits per heavy atom. The summed E-state index contributed by atoms with van der Waals surface area (Å²) in [6.45, 7) is 4.85. The van der Waals surface area contributed by atoms with E-state index in [1.165, 1.54) is 9.80 Å². The Bertz CT molecular complexity index is 1810. The van der Waals surface area contributed by atoms with Crippen LogP contribution in [0.2, 0.25) is 0 Å². The molecule has 0 bridgehead atoms. The fraction of sp³-hybridized carbons (Fsp3) is 0.300. The molecule has 4 aliphatic heterocycles. The van der Waals surface area contributed by atoms with Gasteiger partial charge in [-0.25, -0.2) is 19.8 Å². The van der Waals surface area contributed by atoms with Gasteiger partial charge in [-0.15, -0.1) is 0 Å². The number of hydrazine groups is 1. The normalized spacial score (nSPS) is 26.0. The lowest BCUT2D eigenvalue weighted by Gasteiger charge is -2.36. The molecule has 0 N–H and O–H groups in total. The van der Waals surface area contributed by atoms with Gasteiger partial charge in [-0.2, -0.15) is 0 Å². The van der Waals surface area contributed by atoms with Crippen LogP contribution in [0.25, 0.3) is 0 Å². The van der Waals surface area contributed by atoms with E-state index in [2.05, 4.69) is 0 Å². The number of para-hydroxylation sites is 4. The summed E-state index contributed by atoms with van der Waals surface area (Å²) in [4.78, 5) is 61.7. The standard InChI is InChI=1S/C40H38N4O6/c1-3-23-49-29-21-13-11-19-27(29)41-37(45)31-33(25-15-7-5-8-16-25)44-36-32(34(26-17-9-6-10-18-26)43(44)35(31)39(41)47)38(46)42(40(36)48)28-20-12-14-22-30(28)50-24-4-2/h5-22,31-36H,3-4,23-24H2,1-2H3/t31-,32+,33+,34-,35-,36+. The monoisotopic (exact) mass is 670 g/mol. The zero-order chi connectivity index (χ0) is 34.5. The molecule has 10 nitrogen and oxygen atoms in total. The highest BCUT2D eigenvalue weighted by atomic mass is 16.5. The molecule has 254 valence electrons. The summed E-state index contributed by atoms with van der Waals surface area (Å²) in [7, 11) is 0. The third-order valence-corrected chi connectivity index (χ3v) is 10.1. The highest BCUT2D eigenvalue weighted by Gasteiger charge is 2.73. The maximum absolute atomic E-state index is 14.8.